The van der Waals surface area contributed by atoms with E-state index in [1.165, 1.54) is 5.56 Å². The molecule has 122 valence electrons. The fourth-order valence-electron chi connectivity index (χ4n) is 2.89. The first-order valence-corrected chi connectivity index (χ1v) is 7.98. The van der Waals surface area contributed by atoms with Crippen LogP contribution in [0.5, 0.6) is 0 Å². The van der Waals surface area contributed by atoms with Crippen LogP contribution >= 0.6 is 0 Å². The summed E-state index contributed by atoms with van der Waals surface area (Å²) in [6, 6.07) is 10.1. The Labute approximate surface area is 138 Å². The molecule has 4 heteroatoms. The first-order valence-electron chi connectivity index (χ1n) is 7.98. The summed E-state index contributed by atoms with van der Waals surface area (Å²) < 4.78 is 0. The zero-order valence-corrected chi connectivity index (χ0v) is 13.5. The Balaban J connectivity index is 1.91. The molecule has 0 spiro atoms. The lowest BCUT2D eigenvalue weighted by molar-refractivity contribution is -0.134. The molecule has 1 heterocycles. The van der Waals surface area contributed by atoms with Gasteiger partial charge in [0, 0.05) is 32.6 Å². The number of nitrogens with zero attached hydrogens (tertiary/aromatic N) is 2. The zero-order valence-electron chi connectivity index (χ0n) is 13.5. The fourth-order valence-corrected chi connectivity index (χ4v) is 2.89. The summed E-state index contributed by atoms with van der Waals surface area (Å²) in [4.78, 5) is 28.2. The van der Waals surface area contributed by atoms with Gasteiger partial charge in [-0.05, 0) is 12.0 Å². The highest BCUT2D eigenvalue weighted by atomic mass is 16.2. The van der Waals surface area contributed by atoms with Crippen molar-refractivity contribution in [3.05, 3.63) is 61.2 Å². The summed E-state index contributed by atoms with van der Waals surface area (Å²) in [7, 11) is 0. The number of amides is 2. The summed E-state index contributed by atoms with van der Waals surface area (Å²) >= 11 is 0. The van der Waals surface area contributed by atoms with Crippen molar-refractivity contribution < 1.29 is 9.59 Å². The van der Waals surface area contributed by atoms with Gasteiger partial charge in [0.25, 0.3) is 0 Å². The smallest absolute Gasteiger partial charge is 0.228 e. The molecule has 1 aromatic carbocycles. The van der Waals surface area contributed by atoms with Crippen LogP contribution in [0, 0.1) is 5.92 Å². The molecule has 0 bridgehead atoms. The van der Waals surface area contributed by atoms with Gasteiger partial charge >= 0.3 is 0 Å². The molecule has 1 aliphatic heterocycles. The van der Waals surface area contributed by atoms with E-state index in [1.54, 1.807) is 22.0 Å². The van der Waals surface area contributed by atoms with Gasteiger partial charge in [0.05, 0.1) is 5.92 Å². The van der Waals surface area contributed by atoms with Crippen LogP contribution < -0.4 is 0 Å². The van der Waals surface area contributed by atoms with E-state index in [9.17, 15) is 9.59 Å². The molecule has 1 aliphatic rings. The van der Waals surface area contributed by atoms with Crippen LogP contribution in [-0.2, 0) is 16.0 Å². The van der Waals surface area contributed by atoms with Gasteiger partial charge in [-0.25, -0.2) is 0 Å². The maximum atomic E-state index is 12.5. The lowest BCUT2D eigenvalue weighted by Gasteiger charge is -2.23. The van der Waals surface area contributed by atoms with E-state index >= 15 is 0 Å². The van der Waals surface area contributed by atoms with Crippen molar-refractivity contribution in [2.75, 3.05) is 26.2 Å². The van der Waals surface area contributed by atoms with Gasteiger partial charge in [-0.3, -0.25) is 9.59 Å². The van der Waals surface area contributed by atoms with Crippen molar-refractivity contribution in [1.29, 1.82) is 0 Å². The van der Waals surface area contributed by atoms with E-state index in [2.05, 4.69) is 25.3 Å². The molecule has 23 heavy (non-hydrogen) atoms. The van der Waals surface area contributed by atoms with Crippen molar-refractivity contribution >= 4 is 11.8 Å². The average molecular weight is 312 g/mol. The number of benzene rings is 1. The predicted octanol–water partition coefficient (Wildman–Crippen LogP) is 2.28. The van der Waals surface area contributed by atoms with Gasteiger partial charge in [-0.15, -0.1) is 13.2 Å². The first-order chi connectivity index (χ1) is 11.2. The SMILES string of the molecule is C=CCN(CC=C)C(=O)C1CC(=O)N(CCc2ccccc2)C1. The average Bonchev–Trinajstić information content (AvgIpc) is 2.94. The topological polar surface area (TPSA) is 40.6 Å². The van der Waals surface area contributed by atoms with Crippen LogP contribution in [0.3, 0.4) is 0 Å². The van der Waals surface area contributed by atoms with E-state index in [-0.39, 0.29) is 17.7 Å². The van der Waals surface area contributed by atoms with E-state index in [0.29, 0.717) is 32.6 Å². The van der Waals surface area contributed by atoms with E-state index in [4.69, 9.17) is 0 Å². The molecule has 2 rings (SSSR count). The third-order valence-corrected chi connectivity index (χ3v) is 4.09. The Morgan fingerprint density at radius 3 is 2.48 bits per heavy atom. The Morgan fingerprint density at radius 1 is 1.22 bits per heavy atom. The van der Waals surface area contributed by atoms with Gasteiger partial charge in [0.2, 0.25) is 11.8 Å². The van der Waals surface area contributed by atoms with Gasteiger partial charge < -0.3 is 9.80 Å². The molecular formula is C19H24N2O2. The third kappa shape index (κ3) is 4.55. The summed E-state index contributed by atoms with van der Waals surface area (Å²) in [6.45, 7) is 9.50. The lowest BCUT2D eigenvalue weighted by atomic mass is 10.1. The molecule has 1 atom stereocenters. The summed E-state index contributed by atoms with van der Waals surface area (Å²) in [5.74, 6) is -0.171. The molecule has 0 N–H and O–H groups in total. The standard InChI is InChI=1S/C19H24N2O2/c1-3-11-20(12-4-2)19(23)17-14-18(22)21(15-17)13-10-16-8-6-5-7-9-16/h3-9,17H,1-2,10-15H2. The number of likely N-dealkylation sites (tertiary alicyclic amines) is 1. The monoisotopic (exact) mass is 312 g/mol. The van der Waals surface area contributed by atoms with Gasteiger partial charge in [-0.2, -0.15) is 0 Å². The Kier molecular flexibility index (Phi) is 6.15. The van der Waals surface area contributed by atoms with Crippen LogP contribution in [-0.4, -0.2) is 47.8 Å². The lowest BCUT2D eigenvalue weighted by Crippen LogP contribution is -2.37. The molecular weight excluding hydrogens is 288 g/mol. The number of rotatable bonds is 8. The van der Waals surface area contributed by atoms with Crippen molar-refractivity contribution in [3.8, 4) is 0 Å². The molecule has 1 saturated heterocycles. The zero-order chi connectivity index (χ0) is 16.7. The van der Waals surface area contributed by atoms with Crippen molar-refractivity contribution in [3.63, 3.8) is 0 Å². The van der Waals surface area contributed by atoms with Crippen LogP contribution in [0.15, 0.2) is 55.6 Å². The molecule has 2 amide bonds. The van der Waals surface area contributed by atoms with Crippen molar-refractivity contribution in [2.24, 2.45) is 5.92 Å². The van der Waals surface area contributed by atoms with Crippen molar-refractivity contribution in [2.45, 2.75) is 12.8 Å². The van der Waals surface area contributed by atoms with Gasteiger partial charge in [0.1, 0.15) is 0 Å². The molecule has 0 radical (unpaired) electrons. The minimum absolute atomic E-state index is 0.0142. The van der Waals surface area contributed by atoms with Gasteiger partial charge in [0.15, 0.2) is 0 Å². The van der Waals surface area contributed by atoms with E-state index in [1.807, 2.05) is 18.2 Å². The van der Waals surface area contributed by atoms with Gasteiger partial charge in [-0.1, -0.05) is 42.5 Å². The highest BCUT2D eigenvalue weighted by Crippen LogP contribution is 2.20. The Hall–Kier alpha value is -2.36. The van der Waals surface area contributed by atoms with Crippen LogP contribution in [0.1, 0.15) is 12.0 Å². The molecule has 0 saturated carbocycles. The minimum atomic E-state index is -0.252. The molecule has 1 aromatic rings. The largest absolute Gasteiger partial charge is 0.342 e. The fraction of sp³-hybridized carbons (Fsp3) is 0.368. The highest BCUT2D eigenvalue weighted by molar-refractivity contribution is 5.89. The molecule has 0 aromatic heterocycles. The number of carbonyl (C=O) groups excluding carboxylic acids is 2. The second-order valence-corrected chi connectivity index (χ2v) is 5.80. The molecule has 1 fully saturated rings. The minimum Gasteiger partial charge on any atom is -0.342 e. The summed E-state index contributed by atoms with van der Waals surface area (Å²) in [5.41, 5.74) is 1.20. The normalized spacial score (nSPS) is 17.1. The third-order valence-electron chi connectivity index (χ3n) is 4.09. The molecule has 0 aliphatic carbocycles. The Bertz CT molecular complexity index is 558. The highest BCUT2D eigenvalue weighted by Gasteiger charge is 2.35. The second-order valence-electron chi connectivity index (χ2n) is 5.80. The van der Waals surface area contributed by atoms with Crippen LogP contribution in [0.4, 0.5) is 0 Å². The van der Waals surface area contributed by atoms with Crippen LogP contribution in [0.25, 0.3) is 0 Å². The summed E-state index contributed by atoms with van der Waals surface area (Å²) in [5, 5.41) is 0. The molecule has 4 nitrogen and oxygen atoms in total. The van der Waals surface area contributed by atoms with E-state index in [0.717, 1.165) is 6.42 Å². The number of hydrogen-bond acceptors (Lipinski definition) is 2. The quantitative estimate of drug-likeness (QED) is 0.691. The maximum Gasteiger partial charge on any atom is 0.228 e. The van der Waals surface area contributed by atoms with Crippen molar-refractivity contribution in [1.82, 2.24) is 9.80 Å². The number of carbonyl (C=O) groups is 2. The number of hydrogen-bond donors (Lipinski definition) is 0. The predicted molar refractivity (Wildman–Crippen MR) is 91.8 cm³/mol. The first kappa shape index (κ1) is 17.0. The maximum absolute atomic E-state index is 12.5. The second kappa shape index (κ2) is 8.32. The molecule has 1 unspecified atom stereocenters. The van der Waals surface area contributed by atoms with E-state index < -0.39 is 0 Å². The Morgan fingerprint density at radius 2 is 1.87 bits per heavy atom. The summed E-state index contributed by atoms with van der Waals surface area (Å²) in [6.07, 6.45) is 4.52. The van der Waals surface area contributed by atoms with Crippen LogP contribution in [0.2, 0.25) is 0 Å².